The van der Waals surface area contributed by atoms with Crippen molar-refractivity contribution in [2.24, 2.45) is 0 Å². The van der Waals surface area contributed by atoms with Crippen LogP contribution in [-0.2, 0) is 0 Å². The minimum atomic E-state index is -0.00270. The fraction of sp³-hybridized carbons (Fsp3) is 0.273. The summed E-state index contributed by atoms with van der Waals surface area (Å²) in [5, 5.41) is 8.76. The minimum absolute atomic E-state index is 0.00270. The highest BCUT2D eigenvalue weighted by atomic mass is 32.2. The van der Waals surface area contributed by atoms with Crippen LogP contribution in [0.1, 0.15) is 23.7 Å². The van der Waals surface area contributed by atoms with Crippen molar-refractivity contribution < 1.29 is 4.79 Å². The van der Waals surface area contributed by atoms with Gasteiger partial charge >= 0.3 is 0 Å². The number of thioether (sulfide) groups is 1. The molecule has 1 atom stereocenters. The van der Waals surface area contributed by atoms with Gasteiger partial charge in [0.2, 0.25) is 0 Å². The second kappa shape index (κ2) is 5.46. The average Bonchev–Trinajstić information content (AvgIpc) is 2.26. The highest BCUT2D eigenvalue weighted by molar-refractivity contribution is 8.00. The minimum Gasteiger partial charge on any atom is -0.298 e. The van der Waals surface area contributed by atoms with E-state index in [2.05, 4.69) is 6.07 Å². The van der Waals surface area contributed by atoms with Crippen molar-refractivity contribution in [3.63, 3.8) is 0 Å². The number of nitriles is 1. The summed E-state index contributed by atoms with van der Waals surface area (Å²) in [6.45, 7) is 1.99. The van der Waals surface area contributed by atoms with Gasteiger partial charge in [-0.2, -0.15) is 5.26 Å². The van der Waals surface area contributed by atoms with Crippen LogP contribution in [0.5, 0.6) is 0 Å². The van der Waals surface area contributed by atoms with Crippen LogP contribution in [0.3, 0.4) is 0 Å². The molecule has 1 rings (SSSR count). The maximum Gasteiger partial charge on any atom is 0.150 e. The van der Waals surface area contributed by atoms with E-state index in [9.17, 15) is 4.79 Å². The van der Waals surface area contributed by atoms with Gasteiger partial charge in [0, 0.05) is 10.5 Å². The Morgan fingerprint density at radius 2 is 2.14 bits per heavy atom. The van der Waals surface area contributed by atoms with Crippen molar-refractivity contribution >= 4 is 18.0 Å². The van der Waals surface area contributed by atoms with Gasteiger partial charge in [-0.25, -0.2) is 0 Å². The molecule has 0 spiro atoms. The maximum absolute atomic E-state index is 10.4. The third kappa shape index (κ3) is 2.90. The van der Waals surface area contributed by atoms with Gasteiger partial charge < -0.3 is 0 Å². The summed E-state index contributed by atoms with van der Waals surface area (Å²) in [6.07, 6.45) is 1.65. The maximum atomic E-state index is 10.4. The number of carbonyl (C=O) groups excluding carboxylic acids is 1. The van der Waals surface area contributed by atoms with Gasteiger partial charge in [-0.15, -0.1) is 11.8 Å². The fourth-order valence-electron chi connectivity index (χ4n) is 0.990. The molecule has 2 nitrogen and oxygen atoms in total. The smallest absolute Gasteiger partial charge is 0.150 e. The van der Waals surface area contributed by atoms with Crippen LogP contribution < -0.4 is 0 Å². The second-order valence-corrected chi connectivity index (χ2v) is 4.11. The molecule has 0 fully saturated rings. The summed E-state index contributed by atoms with van der Waals surface area (Å²) in [5.74, 6) is 0. The molecule has 0 aliphatic heterocycles. The number of benzene rings is 1. The lowest BCUT2D eigenvalue weighted by atomic mass is 10.2. The van der Waals surface area contributed by atoms with Crippen LogP contribution in [0.15, 0.2) is 29.2 Å². The molecule has 0 aliphatic carbocycles. The Balaban J connectivity index is 2.69. The molecule has 0 aromatic heterocycles. The van der Waals surface area contributed by atoms with Crippen LogP contribution in [0.2, 0.25) is 0 Å². The molecule has 1 aromatic carbocycles. The van der Waals surface area contributed by atoms with E-state index in [1.807, 2.05) is 19.1 Å². The lowest BCUT2D eigenvalue weighted by Crippen LogP contribution is -1.94. The normalized spacial score (nSPS) is 11.7. The predicted molar refractivity (Wildman–Crippen MR) is 57.4 cm³/mol. The molecule has 0 amide bonds. The molecular weight excluding hydrogens is 194 g/mol. The van der Waals surface area contributed by atoms with Gasteiger partial charge in [-0.05, 0) is 18.6 Å². The predicted octanol–water partition coefficient (Wildman–Crippen LogP) is 2.89. The highest BCUT2D eigenvalue weighted by Crippen LogP contribution is 2.24. The zero-order valence-electron chi connectivity index (χ0n) is 7.93. The van der Waals surface area contributed by atoms with Crippen molar-refractivity contribution in [2.75, 3.05) is 0 Å². The van der Waals surface area contributed by atoms with Crippen molar-refractivity contribution in [3.8, 4) is 6.07 Å². The molecule has 0 bridgehead atoms. The Morgan fingerprint density at radius 3 is 2.57 bits per heavy atom. The Bertz CT molecular complexity index is 339. The number of hydrogen-bond acceptors (Lipinski definition) is 3. The first-order valence-electron chi connectivity index (χ1n) is 4.41. The second-order valence-electron chi connectivity index (χ2n) is 2.83. The molecule has 1 unspecified atom stereocenters. The molecule has 0 N–H and O–H groups in total. The lowest BCUT2D eigenvalue weighted by molar-refractivity contribution is 0.112. The Morgan fingerprint density at radius 1 is 1.50 bits per heavy atom. The quantitative estimate of drug-likeness (QED) is 0.560. The first kappa shape index (κ1) is 10.8. The van der Waals surface area contributed by atoms with Crippen LogP contribution in [0.25, 0.3) is 0 Å². The molecule has 14 heavy (non-hydrogen) atoms. The van der Waals surface area contributed by atoms with Gasteiger partial charge in [0.25, 0.3) is 0 Å². The van der Waals surface area contributed by atoms with Gasteiger partial charge in [-0.1, -0.05) is 19.1 Å². The molecule has 0 saturated carbocycles. The number of hydrogen-bond donors (Lipinski definition) is 0. The average molecular weight is 205 g/mol. The monoisotopic (exact) mass is 205 g/mol. The molecule has 0 saturated heterocycles. The van der Waals surface area contributed by atoms with E-state index < -0.39 is 0 Å². The van der Waals surface area contributed by atoms with Gasteiger partial charge in [0.1, 0.15) is 6.29 Å². The summed E-state index contributed by atoms with van der Waals surface area (Å²) in [6, 6.07) is 9.49. The molecule has 3 heteroatoms. The SMILES string of the molecule is CCC(C#N)Sc1ccc(C=O)cc1. The van der Waals surface area contributed by atoms with E-state index in [0.29, 0.717) is 5.56 Å². The Hall–Kier alpha value is -1.27. The van der Waals surface area contributed by atoms with Crippen LogP contribution in [0, 0.1) is 11.3 Å². The van der Waals surface area contributed by atoms with Crippen molar-refractivity contribution in [2.45, 2.75) is 23.5 Å². The molecule has 0 aliphatic rings. The first-order valence-corrected chi connectivity index (χ1v) is 5.29. The van der Waals surface area contributed by atoms with Crippen molar-refractivity contribution in [3.05, 3.63) is 29.8 Å². The topological polar surface area (TPSA) is 40.9 Å². The molecular formula is C11H11NOS. The summed E-state index contributed by atoms with van der Waals surface area (Å²) < 4.78 is 0. The van der Waals surface area contributed by atoms with E-state index in [4.69, 9.17) is 5.26 Å². The molecule has 1 aromatic rings. The van der Waals surface area contributed by atoms with Crippen LogP contribution in [-0.4, -0.2) is 11.5 Å². The molecule has 0 heterocycles. The zero-order valence-corrected chi connectivity index (χ0v) is 8.75. The number of carbonyl (C=O) groups is 1. The highest BCUT2D eigenvalue weighted by Gasteiger charge is 2.05. The lowest BCUT2D eigenvalue weighted by Gasteiger charge is -2.04. The van der Waals surface area contributed by atoms with E-state index in [-0.39, 0.29) is 5.25 Å². The third-order valence-corrected chi connectivity index (χ3v) is 3.08. The molecule has 72 valence electrons. The van der Waals surface area contributed by atoms with Gasteiger partial charge in [0.15, 0.2) is 0 Å². The Labute approximate surface area is 87.9 Å². The van der Waals surface area contributed by atoms with Gasteiger partial charge in [-0.3, -0.25) is 4.79 Å². The summed E-state index contributed by atoms with van der Waals surface area (Å²) in [5.41, 5.74) is 0.666. The number of nitrogens with zero attached hydrogens (tertiary/aromatic N) is 1. The van der Waals surface area contributed by atoms with Gasteiger partial charge in [0.05, 0.1) is 11.3 Å². The van der Waals surface area contributed by atoms with Crippen LogP contribution in [0.4, 0.5) is 0 Å². The van der Waals surface area contributed by atoms with Crippen LogP contribution >= 0.6 is 11.8 Å². The largest absolute Gasteiger partial charge is 0.298 e. The number of rotatable bonds is 4. The first-order chi connectivity index (χ1) is 6.80. The summed E-state index contributed by atoms with van der Waals surface area (Å²) in [4.78, 5) is 11.4. The molecule has 0 radical (unpaired) electrons. The number of aldehydes is 1. The van der Waals surface area contributed by atoms with E-state index >= 15 is 0 Å². The zero-order chi connectivity index (χ0) is 10.4. The van der Waals surface area contributed by atoms with E-state index in [1.165, 1.54) is 11.8 Å². The summed E-state index contributed by atoms with van der Waals surface area (Å²) >= 11 is 1.53. The third-order valence-electron chi connectivity index (χ3n) is 1.81. The standard InChI is InChI=1S/C11H11NOS/c1-2-10(7-12)14-11-5-3-9(8-13)4-6-11/h3-6,8,10H,2H2,1H3. The van der Waals surface area contributed by atoms with Crippen molar-refractivity contribution in [1.29, 1.82) is 5.26 Å². The summed E-state index contributed by atoms with van der Waals surface area (Å²) in [7, 11) is 0. The van der Waals surface area contributed by atoms with Crippen molar-refractivity contribution in [1.82, 2.24) is 0 Å². The van der Waals surface area contributed by atoms with E-state index in [1.54, 1.807) is 12.1 Å². The van der Waals surface area contributed by atoms with E-state index in [0.717, 1.165) is 17.6 Å². The Kier molecular flexibility index (Phi) is 4.21. The fourth-order valence-corrected chi connectivity index (χ4v) is 1.83.